The maximum atomic E-state index is 2.31. The summed E-state index contributed by atoms with van der Waals surface area (Å²) >= 11 is 2.03. The van der Waals surface area contributed by atoms with Crippen molar-refractivity contribution in [2.24, 2.45) is 0 Å². The lowest BCUT2D eigenvalue weighted by Crippen LogP contribution is -1.85. The Balaban J connectivity index is 1.60. The minimum atomic E-state index is 1.28. The van der Waals surface area contributed by atoms with Gasteiger partial charge in [-0.15, -0.1) is 11.8 Å². The molecule has 0 atom stereocenters. The largest absolute Gasteiger partial charge is 0.126 e. The fourth-order valence-electron chi connectivity index (χ4n) is 9.13. The van der Waals surface area contributed by atoms with Gasteiger partial charge in [-0.1, -0.05) is 326 Å². The van der Waals surface area contributed by atoms with Crippen LogP contribution in [0.5, 0.6) is 0 Å². The van der Waals surface area contributed by atoms with E-state index in [-0.39, 0.29) is 0 Å². The number of thioether (sulfide) groups is 1. The SMILES string of the molecule is CCCCCCCCCCCCCCCCCCCCCCCCCCCCCCCCCCCCCCCCCCCCCCCCCCSc1ccc(C)cc1. The molecule has 1 aromatic carbocycles. The Morgan fingerprint density at radius 1 is 0.241 bits per heavy atom. The van der Waals surface area contributed by atoms with Crippen LogP contribution in [0.1, 0.15) is 321 Å². The molecule has 0 bridgehead atoms. The number of aryl methyl sites for hydroxylation is 1. The van der Waals surface area contributed by atoms with Crippen LogP contribution in [0.2, 0.25) is 0 Å². The summed E-state index contributed by atoms with van der Waals surface area (Å²) < 4.78 is 0. The first-order chi connectivity index (χ1) is 28.8. The Bertz CT molecular complexity index is 859. The van der Waals surface area contributed by atoms with Crippen LogP contribution in [0.15, 0.2) is 29.2 Å². The van der Waals surface area contributed by atoms with Gasteiger partial charge in [0, 0.05) is 4.90 Å². The van der Waals surface area contributed by atoms with E-state index in [4.69, 9.17) is 0 Å². The van der Waals surface area contributed by atoms with E-state index in [0.717, 1.165) is 0 Å². The average Bonchev–Trinajstić information content (AvgIpc) is 3.23. The van der Waals surface area contributed by atoms with Crippen LogP contribution in [0, 0.1) is 6.92 Å². The number of rotatable bonds is 50. The minimum absolute atomic E-state index is 1.28. The van der Waals surface area contributed by atoms with Gasteiger partial charge in [-0.25, -0.2) is 0 Å². The molecule has 58 heavy (non-hydrogen) atoms. The summed E-state index contributed by atoms with van der Waals surface area (Å²) in [7, 11) is 0. The van der Waals surface area contributed by atoms with E-state index >= 15 is 0 Å². The van der Waals surface area contributed by atoms with Gasteiger partial charge in [0.05, 0.1) is 0 Å². The molecule has 0 aliphatic carbocycles. The molecule has 0 unspecified atom stereocenters. The van der Waals surface area contributed by atoms with Crippen LogP contribution in [0.25, 0.3) is 0 Å². The minimum Gasteiger partial charge on any atom is -0.126 e. The van der Waals surface area contributed by atoms with Crippen molar-refractivity contribution in [2.45, 2.75) is 327 Å². The van der Waals surface area contributed by atoms with E-state index in [2.05, 4.69) is 38.1 Å². The lowest BCUT2D eigenvalue weighted by atomic mass is 10.0. The van der Waals surface area contributed by atoms with E-state index in [0.29, 0.717) is 0 Å². The van der Waals surface area contributed by atoms with E-state index in [1.54, 1.807) is 0 Å². The third kappa shape index (κ3) is 45.1. The summed E-state index contributed by atoms with van der Waals surface area (Å²) in [5.74, 6) is 1.28. The van der Waals surface area contributed by atoms with Crippen molar-refractivity contribution in [1.29, 1.82) is 0 Å². The second kappa shape index (κ2) is 49.2. The van der Waals surface area contributed by atoms with Crippen molar-refractivity contribution in [3.63, 3.8) is 0 Å². The molecule has 0 saturated carbocycles. The summed E-state index contributed by atoms with van der Waals surface area (Å²) in [5, 5.41) is 0. The standard InChI is InChI=1S/C57H108S/c1-3-4-5-6-7-8-9-10-11-12-13-14-15-16-17-18-19-20-21-22-23-24-25-26-27-28-29-30-31-32-33-34-35-36-37-38-39-40-41-42-43-44-45-46-47-48-49-50-55-58-57-53-51-56(2)52-54-57/h51-54H,3-50,55H2,1-2H3. The molecule has 1 aromatic rings. The summed E-state index contributed by atoms with van der Waals surface area (Å²) in [6, 6.07) is 9.01. The van der Waals surface area contributed by atoms with Gasteiger partial charge in [0.1, 0.15) is 0 Å². The Kier molecular flexibility index (Phi) is 47.2. The molecule has 0 saturated heterocycles. The fraction of sp³-hybridized carbons (Fsp3) is 0.895. The highest BCUT2D eigenvalue weighted by molar-refractivity contribution is 7.99. The normalized spacial score (nSPS) is 11.6. The van der Waals surface area contributed by atoms with Crippen LogP contribution >= 0.6 is 11.8 Å². The molecular formula is C57H108S. The van der Waals surface area contributed by atoms with Gasteiger partial charge in [-0.2, -0.15) is 0 Å². The van der Waals surface area contributed by atoms with Gasteiger partial charge in [0.25, 0.3) is 0 Å². The zero-order valence-electron chi connectivity index (χ0n) is 40.4. The van der Waals surface area contributed by atoms with Gasteiger partial charge in [0.2, 0.25) is 0 Å². The second-order valence-corrected chi connectivity index (χ2v) is 20.4. The molecule has 342 valence electrons. The Morgan fingerprint density at radius 3 is 0.603 bits per heavy atom. The molecular weight excluding hydrogens is 717 g/mol. The van der Waals surface area contributed by atoms with Crippen LogP contribution in [-0.2, 0) is 0 Å². The molecule has 0 aliphatic rings. The summed E-state index contributed by atoms with van der Waals surface area (Å²) in [4.78, 5) is 1.43. The van der Waals surface area contributed by atoms with Crippen LogP contribution in [0.3, 0.4) is 0 Å². The Morgan fingerprint density at radius 2 is 0.414 bits per heavy atom. The molecule has 1 heteroatoms. The molecule has 0 nitrogen and oxygen atoms in total. The van der Waals surface area contributed by atoms with E-state index in [1.807, 2.05) is 11.8 Å². The average molecular weight is 826 g/mol. The lowest BCUT2D eigenvalue weighted by molar-refractivity contribution is 0.508. The second-order valence-electron chi connectivity index (χ2n) is 19.3. The Hall–Kier alpha value is -0.430. The highest BCUT2D eigenvalue weighted by Crippen LogP contribution is 2.22. The zero-order valence-corrected chi connectivity index (χ0v) is 41.2. The Labute approximate surface area is 372 Å². The van der Waals surface area contributed by atoms with Crippen LogP contribution in [-0.4, -0.2) is 5.75 Å². The van der Waals surface area contributed by atoms with E-state index in [9.17, 15) is 0 Å². The monoisotopic (exact) mass is 825 g/mol. The van der Waals surface area contributed by atoms with Crippen LogP contribution in [0.4, 0.5) is 0 Å². The third-order valence-electron chi connectivity index (χ3n) is 13.3. The molecule has 0 heterocycles. The predicted molar refractivity (Wildman–Crippen MR) is 269 cm³/mol. The van der Waals surface area contributed by atoms with Crippen LogP contribution < -0.4 is 0 Å². The van der Waals surface area contributed by atoms with Gasteiger partial charge in [-0.3, -0.25) is 0 Å². The van der Waals surface area contributed by atoms with Gasteiger partial charge >= 0.3 is 0 Å². The number of benzene rings is 1. The van der Waals surface area contributed by atoms with E-state index in [1.165, 1.54) is 324 Å². The summed E-state index contributed by atoms with van der Waals surface area (Å²) in [5.41, 5.74) is 1.36. The van der Waals surface area contributed by atoms with E-state index < -0.39 is 0 Å². The number of unbranched alkanes of at least 4 members (excludes halogenated alkanes) is 47. The van der Waals surface area contributed by atoms with Gasteiger partial charge in [-0.05, 0) is 31.2 Å². The third-order valence-corrected chi connectivity index (χ3v) is 14.4. The molecule has 0 aliphatic heterocycles. The first-order valence-electron chi connectivity index (χ1n) is 27.5. The molecule has 1 rings (SSSR count). The predicted octanol–water partition coefficient (Wildman–Crippen LogP) is 21.8. The fourth-order valence-corrected chi connectivity index (χ4v) is 10.0. The van der Waals surface area contributed by atoms with Gasteiger partial charge < -0.3 is 0 Å². The number of hydrogen-bond donors (Lipinski definition) is 0. The maximum absolute atomic E-state index is 2.31. The molecule has 0 spiro atoms. The van der Waals surface area contributed by atoms with Crippen molar-refractivity contribution in [3.05, 3.63) is 29.8 Å². The van der Waals surface area contributed by atoms with Crippen molar-refractivity contribution >= 4 is 11.8 Å². The molecule has 0 N–H and O–H groups in total. The van der Waals surface area contributed by atoms with Crippen molar-refractivity contribution < 1.29 is 0 Å². The highest BCUT2D eigenvalue weighted by Gasteiger charge is 2.00. The zero-order chi connectivity index (χ0) is 41.3. The molecule has 0 aromatic heterocycles. The smallest absolute Gasteiger partial charge is 0.00721 e. The van der Waals surface area contributed by atoms with Crippen molar-refractivity contribution in [1.82, 2.24) is 0 Å². The molecule has 0 amide bonds. The molecule has 0 fully saturated rings. The van der Waals surface area contributed by atoms with Crippen molar-refractivity contribution in [2.75, 3.05) is 5.75 Å². The number of hydrogen-bond acceptors (Lipinski definition) is 1. The first kappa shape index (κ1) is 55.6. The molecule has 0 radical (unpaired) electrons. The summed E-state index contributed by atoms with van der Waals surface area (Å²) in [6.07, 6.45) is 71.1. The summed E-state index contributed by atoms with van der Waals surface area (Å²) in [6.45, 7) is 4.48. The van der Waals surface area contributed by atoms with Gasteiger partial charge in [0.15, 0.2) is 0 Å². The quantitative estimate of drug-likeness (QED) is 0.0466. The maximum Gasteiger partial charge on any atom is 0.00721 e. The highest BCUT2D eigenvalue weighted by atomic mass is 32.2. The first-order valence-corrected chi connectivity index (χ1v) is 28.5. The lowest BCUT2D eigenvalue weighted by Gasteiger charge is -2.05. The van der Waals surface area contributed by atoms with Crippen molar-refractivity contribution in [3.8, 4) is 0 Å². The topological polar surface area (TPSA) is 0 Å².